The first-order chi connectivity index (χ1) is 3.79. The Morgan fingerprint density at radius 3 is 2.88 bits per heavy atom. The van der Waals surface area contributed by atoms with Gasteiger partial charge in [0, 0.05) is 12.2 Å². The summed E-state index contributed by atoms with van der Waals surface area (Å²) >= 11 is 3.39. The SMILES string of the molecule is C=C1C=C(Br)CCN1. The topological polar surface area (TPSA) is 12.0 Å². The Morgan fingerprint density at radius 1 is 1.75 bits per heavy atom. The lowest BCUT2D eigenvalue weighted by atomic mass is 10.2. The number of hydrogen-bond acceptors (Lipinski definition) is 1. The van der Waals surface area contributed by atoms with E-state index in [1.807, 2.05) is 6.08 Å². The number of hydrogen-bond donors (Lipinski definition) is 1. The summed E-state index contributed by atoms with van der Waals surface area (Å²) < 4.78 is 1.24. The summed E-state index contributed by atoms with van der Waals surface area (Å²) in [4.78, 5) is 0. The van der Waals surface area contributed by atoms with E-state index in [0.29, 0.717) is 0 Å². The Bertz CT molecular complexity index is 137. The van der Waals surface area contributed by atoms with Crippen LogP contribution in [0.2, 0.25) is 0 Å². The molecule has 0 aromatic carbocycles. The summed E-state index contributed by atoms with van der Waals surface area (Å²) in [7, 11) is 0. The Morgan fingerprint density at radius 2 is 2.50 bits per heavy atom. The fourth-order valence-electron chi connectivity index (χ4n) is 0.655. The predicted octanol–water partition coefficient (Wildman–Crippen LogP) is 1.77. The van der Waals surface area contributed by atoms with Gasteiger partial charge in [-0.1, -0.05) is 22.5 Å². The quantitative estimate of drug-likeness (QED) is 0.590. The smallest absolute Gasteiger partial charge is 0.0275 e. The molecule has 0 bridgehead atoms. The second kappa shape index (κ2) is 2.35. The Labute approximate surface area is 57.6 Å². The third kappa shape index (κ3) is 1.37. The van der Waals surface area contributed by atoms with Crippen molar-refractivity contribution in [3.63, 3.8) is 0 Å². The van der Waals surface area contributed by atoms with Gasteiger partial charge in [-0.25, -0.2) is 0 Å². The molecular formula is C6H8BrN. The van der Waals surface area contributed by atoms with Gasteiger partial charge in [0.15, 0.2) is 0 Å². The first-order valence-electron chi connectivity index (χ1n) is 2.58. The molecule has 2 heteroatoms. The number of allylic oxidation sites excluding steroid dienone is 1. The second-order valence-electron chi connectivity index (χ2n) is 1.79. The minimum absolute atomic E-state index is 1.00. The van der Waals surface area contributed by atoms with E-state index in [1.54, 1.807) is 0 Å². The molecule has 0 aliphatic carbocycles. The highest BCUT2D eigenvalue weighted by atomic mass is 79.9. The number of rotatable bonds is 0. The molecule has 1 N–H and O–H groups in total. The van der Waals surface area contributed by atoms with Crippen molar-refractivity contribution in [3.8, 4) is 0 Å². The van der Waals surface area contributed by atoms with Gasteiger partial charge < -0.3 is 5.32 Å². The first-order valence-corrected chi connectivity index (χ1v) is 3.37. The maximum atomic E-state index is 3.75. The average molecular weight is 174 g/mol. The van der Waals surface area contributed by atoms with Crippen LogP contribution < -0.4 is 5.32 Å². The Kier molecular flexibility index (Phi) is 1.73. The zero-order valence-corrected chi connectivity index (χ0v) is 6.16. The second-order valence-corrected chi connectivity index (χ2v) is 2.81. The first kappa shape index (κ1) is 5.89. The zero-order chi connectivity index (χ0) is 5.98. The van der Waals surface area contributed by atoms with E-state index in [0.717, 1.165) is 18.7 Å². The highest BCUT2D eigenvalue weighted by Gasteiger charge is 1.99. The van der Waals surface area contributed by atoms with E-state index in [1.165, 1.54) is 4.48 Å². The van der Waals surface area contributed by atoms with Crippen LogP contribution >= 0.6 is 15.9 Å². The lowest BCUT2D eigenvalue weighted by Crippen LogP contribution is -2.16. The molecule has 0 radical (unpaired) electrons. The predicted molar refractivity (Wildman–Crippen MR) is 38.8 cm³/mol. The normalized spacial score (nSPS) is 19.6. The maximum absolute atomic E-state index is 3.75. The Balaban J connectivity index is 2.64. The van der Waals surface area contributed by atoms with Crippen molar-refractivity contribution in [2.75, 3.05) is 6.54 Å². The van der Waals surface area contributed by atoms with Crippen LogP contribution in [0.5, 0.6) is 0 Å². The zero-order valence-electron chi connectivity index (χ0n) is 4.58. The molecule has 0 fully saturated rings. The van der Waals surface area contributed by atoms with Gasteiger partial charge in [-0.3, -0.25) is 0 Å². The number of halogens is 1. The Hall–Kier alpha value is -0.240. The van der Waals surface area contributed by atoms with E-state index >= 15 is 0 Å². The van der Waals surface area contributed by atoms with Crippen molar-refractivity contribution in [2.24, 2.45) is 0 Å². The van der Waals surface area contributed by atoms with Crippen LogP contribution in [0.15, 0.2) is 22.8 Å². The monoisotopic (exact) mass is 173 g/mol. The maximum Gasteiger partial charge on any atom is 0.0275 e. The molecule has 0 saturated heterocycles. The minimum atomic E-state index is 1.00. The van der Waals surface area contributed by atoms with Crippen LogP contribution in [-0.4, -0.2) is 6.54 Å². The van der Waals surface area contributed by atoms with Crippen molar-refractivity contribution >= 4 is 15.9 Å². The van der Waals surface area contributed by atoms with Gasteiger partial charge in [-0.15, -0.1) is 0 Å². The molecule has 1 heterocycles. The highest BCUT2D eigenvalue weighted by Crippen LogP contribution is 2.14. The molecule has 1 aliphatic rings. The lowest BCUT2D eigenvalue weighted by molar-refractivity contribution is 0.794. The fourth-order valence-corrected chi connectivity index (χ4v) is 1.13. The lowest BCUT2D eigenvalue weighted by Gasteiger charge is -2.11. The molecule has 44 valence electrons. The molecule has 8 heavy (non-hydrogen) atoms. The van der Waals surface area contributed by atoms with Crippen molar-refractivity contribution in [3.05, 3.63) is 22.8 Å². The van der Waals surface area contributed by atoms with E-state index in [4.69, 9.17) is 0 Å². The van der Waals surface area contributed by atoms with E-state index in [9.17, 15) is 0 Å². The van der Waals surface area contributed by atoms with Gasteiger partial charge in [-0.2, -0.15) is 0 Å². The van der Waals surface area contributed by atoms with Crippen molar-refractivity contribution in [1.82, 2.24) is 5.32 Å². The molecule has 0 amide bonds. The van der Waals surface area contributed by atoms with Crippen LogP contribution in [-0.2, 0) is 0 Å². The third-order valence-corrected chi connectivity index (χ3v) is 1.67. The van der Waals surface area contributed by atoms with E-state index < -0.39 is 0 Å². The fraction of sp³-hybridized carbons (Fsp3) is 0.333. The highest BCUT2D eigenvalue weighted by molar-refractivity contribution is 9.11. The summed E-state index contributed by atoms with van der Waals surface area (Å²) in [6, 6.07) is 0. The molecule has 1 nitrogen and oxygen atoms in total. The molecule has 0 atom stereocenters. The summed E-state index contributed by atoms with van der Waals surface area (Å²) in [5.41, 5.74) is 1.00. The van der Waals surface area contributed by atoms with E-state index in [2.05, 4.69) is 27.8 Å². The largest absolute Gasteiger partial charge is 0.385 e. The molecule has 0 spiro atoms. The number of nitrogens with one attached hydrogen (secondary N) is 1. The average Bonchev–Trinajstić information content (AvgIpc) is 1.64. The van der Waals surface area contributed by atoms with Gasteiger partial charge in [0.1, 0.15) is 0 Å². The van der Waals surface area contributed by atoms with Gasteiger partial charge in [0.05, 0.1) is 0 Å². The summed E-state index contributed by atoms with van der Waals surface area (Å²) in [6.07, 6.45) is 3.09. The van der Waals surface area contributed by atoms with Crippen LogP contribution in [0.4, 0.5) is 0 Å². The molecule has 1 aliphatic heterocycles. The molecule has 0 aromatic heterocycles. The standard InChI is InChI=1S/C6H8BrN/c1-5-4-6(7)2-3-8-5/h4,8H,1-3H2. The van der Waals surface area contributed by atoms with Gasteiger partial charge in [-0.05, 0) is 17.0 Å². The molecule has 0 saturated carbocycles. The summed E-state index contributed by atoms with van der Waals surface area (Å²) in [6.45, 7) is 4.76. The summed E-state index contributed by atoms with van der Waals surface area (Å²) in [5, 5.41) is 3.11. The third-order valence-electron chi connectivity index (χ3n) is 1.05. The minimum Gasteiger partial charge on any atom is -0.385 e. The van der Waals surface area contributed by atoms with Crippen LogP contribution in [0.25, 0.3) is 0 Å². The van der Waals surface area contributed by atoms with Crippen LogP contribution in [0, 0.1) is 0 Å². The van der Waals surface area contributed by atoms with Crippen LogP contribution in [0.1, 0.15) is 6.42 Å². The van der Waals surface area contributed by atoms with Crippen molar-refractivity contribution in [1.29, 1.82) is 0 Å². The summed E-state index contributed by atoms with van der Waals surface area (Å²) in [5.74, 6) is 0. The molecular weight excluding hydrogens is 166 g/mol. The van der Waals surface area contributed by atoms with E-state index in [-0.39, 0.29) is 0 Å². The van der Waals surface area contributed by atoms with Gasteiger partial charge >= 0.3 is 0 Å². The molecule has 0 aromatic rings. The van der Waals surface area contributed by atoms with Crippen molar-refractivity contribution < 1.29 is 0 Å². The van der Waals surface area contributed by atoms with Crippen molar-refractivity contribution in [2.45, 2.75) is 6.42 Å². The molecule has 0 unspecified atom stereocenters. The van der Waals surface area contributed by atoms with Gasteiger partial charge in [0.25, 0.3) is 0 Å². The van der Waals surface area contributed by atoms with Gasteiger partial charge in [0.2, 0.25) is 0 Å². The van der Waals surface area contributed by atoms with Crippen LogP contribution in [0.3, 0.4) is 0 Å². The molecule has 1 rings (SSSR count).